The molecule has 0 N–H and O–H groups in total. The second kappa shape index (κ2) is 9.62. The Kier molecular flexibility index (Phi) is 6.96. The smallest absolute Gasteiger partial charge is 0.207 e. The van der Waals surface area contributed by atoms with Gasteiger partial charge in [-0.1, -0.05) is 59.2 Å². The van der Waals surface area contributed by atoms with Crippen molar-refractivity contribution in [1.82, 2.24) is 8.61 Å². The van der Waals surface area contributed by atoms with Crippen molar-refractivity contribution in [1.29, 1.82) is 0 Å². The molecule has 1 unspecified atom stereocenters. The topological polar surface area (TPSA) is 74.8 Å². The van der Waals surface area contributed by atoms with Crippen LogP contribution in [0.25, 0.3) is 0 Å². The maximum atomic E-state index is 13.2. The van der Waals surface area contributed by atoms with Gasteiger partial charge in [-0.2, -0.15) is 8.61 Å². The van der Waals surface area contributed by atoms with Gasteiger partial charge < -0.3 is 0 Å². The van der Waals surface area contributed by atoms with E-state index in [1.165, 1.54) is 4.31 Å². The quantitative estimate of drug-likeness (QED) is 0.511. The van der Waals surface area contributed by atoms with Crippen molar-refractivity contribution in [3.63, 3.8) is 0 Å². The van der Waals surface area contributed by atoms with E-state index < -0.39 is 20.0 Å². The van der Waals surface area contributed by atoms with Crippen LogP contribution in [0.15, 0.2) is 94.3 Å². The summed E-state index contributed by atoms with van der Waals surface area (Å²) < 4.78 is 55.9. The highest BCUT2D eigenvalue weighted by atomic mass is 32.2. The number of rotatable bonds is 8. The summed E-state index contributed by atoms with van der Waals surface area (Å²) in [7, 11) is -7.28. The Labute approximate surface area is 203 Å². The number of nitrogens with zero attached hydrogens (tertiary/aromatic N) is 2. The monoisotopic (exact) mass is 498 g/mol. The molecule has 0 spiro atoms. The van der Waals surface area contributed by atoms with Gasteiger partial charge in [-0.3, -0.25) is 0 Å². The standard InChI is InChI=1S/C26H30N2O4S2/c1-4-16-27(33(29,30)24-10-5-20(2)6-11-24)19-22-9-14-26-23(18-22)15-17-28(26)34(31,32)25-12-7-21(3)8-13-25/h4-13,18,26H,1,14-17,19H2,2-3H3. The highest BCUT2D eigenvalue weighted by Crippen LogP contribution is 2.36. The summed E-state index contributed by atoms with van der Waals surface area (Å²) >= 11 is 0. The van der Waals surface area contributed by atoms with Crippen LogP contribution in [0.2, 0.25) is 0 Å². The minimum absolute atomic E-state index is 0.189. The van der Waals surface area contributed by atoms with Crippen LogP contribution in [0.5, 0.6) is 0 Å². The molecule has 8 heteroatoms. The highest BCUT2D eigenvalue weighted by molar-refractivity contribution is 7.89. The van der Waals surface area contributed by atoms with E-state index in [2.05, 4.69) is 6.58 Å². The van der Waals surface area contributed by atoms with Crippen LogP contribution >= 0.6 is 0 Å². The number of fused-ring (bicyclic) bond motifs is 1. The Morgan fingerprint density at radius 2 is 1.56 bits per heavy atom. The van der Waals surface area contributed by atoms with Crippen molar-refractivity contribution in [2.75, 3.05) is 19.6 Å². The average Bonchev–Trinajstić information content (AvgIpc) is 3.23. The van der Waals surface area contributed by atoms with Crippen LogP contribution in [0.3, 0.4) is 0 Å². The summed E-state index contributed by atoms with van der Waals surface area (Å²) in [5, 5.41) is 0. The molecule has 0 bridgehead atoms. The largest absolute Gasteiger partial charge is 0.243 e. The molecule has 4 rings (SSSR count). The SMILES string of the molecule is C=CCN(CC1=CCC2C(=C1)CCN2S(=O)(=O)c1ccc(C)cc1)S(=O)(=O)c1ccc(C)cc1. The predicted octanol–water partition coefficient (Wildman–Crippen LogP) is 4.20. The van der Waals surface area contributed by atoms with Crippen molar-refractivity contribution in [2.45, 2.75) is 42.5 Å². The lowest BCUT2D eigenvalue weighted by Gasteiger charge is -2.28. The van der Waals surface area contributed by atoms with Gasteiger partial charge in [0.15, 0.2) is 0 Å². The lowest BCUT2D eigenvalue weighted by molar-refractivity contribution is 0.405. The average molecular weight is 499 g/mol. The Balaban J connectivity index is 1.53. The first-order chi connectivity index (χ1) is 16.1. The molecule has 6 nitrogen and oxygen atoms in total. The van der Waals surface area contributed by atoms with E-state index >= 15 is 0 Å². The fourth-order valence-corrected chi connectivity index (χ4v) is 7.48. The van der Waals surface area contributed by atoms with Crippen LogP contribution in [-0.4, -0.2) is 51.1 Å². The lowest BCUT2D eigenvalue weighted by atomic mass is 9.95. The number of sulfonamides is 2. The molecule has 2 aromatic rings. The normalized spacial score (nSPS) is 19.0. The molecule has 34 heavy (non-hydrogen) atoms. The second-order valence-corrected chi connectivity index (χ2v) is 12.7. The third kappa shape index (κ3) is 4.81. The molecule has 1 fully saturated rings. The molecule has 180 valence electrons. The third-order valence-electron chi connectivity index (χ3n) is 6.35. The number of benzene rings is 2. The van der Waals surface area contributed by atoms with Gasteiger partial charge in [0, 0.05) is 25.7 Å². The van der Waals surface area contributed by atoms with E-state index in [0.29, 0.717) is 24.3 Å². The van der Waals surface area contributed by atoms with E-state index in [1.807, 2.05) is 26.0 Å². The van der Waals surface area contributed by atoms with Crippen LogP contribution in [0.1, 0.15) is 24.0 Å². The second-order valence-electron chi connectivity index (χ2n) is 8.83. The van der Waals surface area contributed by atoms with Crippen molar-refractivity contribution < 1.29 is 16.8 Å². The molecular weight excluding hydrogens is 468 g/mol. The molecule has 2 aliphatic rings. The molecule has 0 aromatic heterocycles. The van der Waals surface area contributed by atoms with E-state index in [0.717, 1.165) is 22.3 Å². The molecule has 1 aliphatic heterocycles. The summed E-state index contributed by atoms with van der Waals surface area (Å²) in [5.74, 6) is 0. The molecule has 1 heterocycles. The Hall–Kier alpha value is -2.52. The van der Waals surface area contributed by atoms with Gasteiger partial charge >= 0.3 is 0 Å². The minimum Gasteiger partial charge on any atom is -0.207 e. The van der Waals surface area contributed by atoms with Gasteiger partial charge in [0.1, 0.15) is 0 Å². The van der Waals surface area contributed by atoms with E-state index in [-0.39, 0.29) is 24.0 Å². The Morgan fingerprint density at radius 3 is 2.15 bits per heavy atom. The molecule has 0 saturated carbocycles. The van der Waals surface area contributed by atoms with Crippen LogP contribution < -0.4 is 0 Å². The van der Waals surface area contributed by atoms with E-state index in [4.69, 9.17) is 0 Å². The fourth-order valence-electron chi connectivity index (χ4n) is 4.44. The Morgan fingerprint density at radius 1 is 0.971 bits per heavy atom. The summed E-state index contributed by atoms with van der Waals surface area (Å²) in [6.45, 7) is 8.39. The first kappa shape index (κ1) is 24.6. The highest BCUT2D eigenvalue weighted by Gasteiger charge is 2.39. The molecule has 0 amide bonds. The first-order valence-electron chi connectivity index (χ1n) is 11.3. The van der Waals surface area contributed by atoms with E-state index in [1.54, 1.807) is 58.9 Å². The van der Waals surface area contributed by atoms with Crippen molar-refractivity contribution in [3.8, 4) is 0 Å². The molecule has 2 aromatic carbocycles. The Bertz CT molecular complexity index is 1340. The zero-order valence-corrected chi connectivity index (χ0v) is 21.1. The molecule has 1 saturated heterocycles. The molecular formula is C26H30N2O4S2. The summed E-state index contributed by atoms with van der Waals surface area (Å²) in [4.78, 5) is 0.550. The maximum absolute atomic E-state index is 13.2. The van der Waals surface area contributed by atoms with Crippen LogP contribution in [-0.2, 0) is 20.0 Å². The summed E-state index contributed by atoms with van der Waals surface area (Å²) in [6.07, 6.45) is 6.67. The van der Waals surface area contributed by atoms with Crippen LogP contribution in [0, 0.1) is 13.8 Å². The zero-order valence-electron chi connectivity index (χ0n) is 19.5. The van der Waals surface area contributed by atoms with Crippen LogP contribution in [0.4, 0.5) is 0 Å². The number of aryl methyl sites for hydroxylation is 2. The zero-order chi connectivity index (χ0) is 24.5. The molecule has 1 aliphatic carbocycles. The first-order valence-corrected chi connectivity index (χ1v) is 14.2. The van der Waals surface area contributed by atoms with Crippen molar-refractivity contribution in [3.05, 3.63) is 95.6 Å². The van der Waals surface area contributed by atoms with Crippen molar-refractivity contribution in [2.24, 2.45) is 0 Å². The van der Waals surface area contributed by atoms with E-state index in [9.17, 15) is 16.8 Å². The minimum atomic E-state index is -3.69. The maximum Gasteiger partial charge on any atom is 0.243 e. The molecule has 0 radical (unpaired) electrons. The van der Waals surface area contributed by atoms with Gasteiger partial charge in [-0.05, 0) is 56.5 Å². The predicted molar refractivity (Wildman–Crippen MR) is 134 cm³/mol. The van der Waals surface area contributed by atoms with Gasteiger partial charge in [0.25, 0.3) is 0 Å². The van der Waals surface area contributed by atoms with Gasteiger partial charge in [-0.15, -0.1) is 6.58 Å². The van der Waals surface area contributed by atoms with Crippen molar-refractivity contribution >= 4 is 20.0 Å². The number of hydrogen-bond donors (Lipinski definition) is 0. The number of hydrogen-bond acceptors (Lipinski definition) is 4. The fraction of sp³-hybridized carbons (Fsp3) is 0.308. The van der Waals surface area contributed by atoms with Gasteiger partial charge in [0.05, 0.1) is 9.79 Å². The third-order valence-corrected chi connectivity index (χ3v) is 10.1. The lowest BCUT2D eigenvalue weighted by Crippen LogP contribution is -2.37. The van der Waals surface area contributed by atoms with Gasteiger partial charge in [0.2, 0.25) is 20.0 Å². The molecule has 1 atom stereocenters. The summed E-state index contributed by atoms with van der Waals surface area (Å²) in [5.41, 5.74) is 3.90. The van der Waals surface area contributed by atoms with Gasteiger partial charge in [-0.25, -0.2) is 16.8 Å². The summed E-state index contributed by atoms with van der Waals surface area (Å²) in [6, 6.07) is 13.5.